The molecule has 1 fully saturated rings. The highest BCUT2D eigenvalue weighted by Gasteiger charge is 2.17. The van der Waals surface area contributed by atoms with Gasteiger partial charge in [0.25, 0.3) is 5.91 Å². The van der Waals surface area contributed by atoms with Crippen molar-refractivity contribution in [2.45, 2.75) is 26.4 Å². The molecule has 1 amide bonds. The van der Waals surface area contributed by atoms with E-state index in [0.717, 1.165) is 76.8 Å². The minimum atomic E-state index is -0.131. The molecule has 6 nitrogen and oxygen atoms in total. The molecule has 36 heavy (non-hydrogen) atoms. The van der Waals surface area contributed by atoms with Gasteiger partial charge in [0.1, 0.15) is 5.75 Å². The number of amides is 1. The summed E-state index contributed by atoms with van der Waals surface area (Å²) in [6, 6.07) is 20.6. The highest BCUT2D eigenvalue weighted by molar-refractivity contribution is 7.10. The monoisotopic (exact) mass is 501 g/mol. The molecule has 1 N–H and O–H groups in total. The highest BCUT2D eigenvalue weighted by atomic mass is 32.1. The zero-order valence-corrected chi connectivity index (χ0v) is 21.5. The van der Waals surface area contributed by atoms with Gasteiger partial charge < -0.3 is 14.8 Å². The van der Waals surface area contributed by atoms with E-state index < -0.39 is 0 Å². The summed E-state index contributed by atoms with van der Waals surface area (Å²) in [7, 11) is 0. The van der Waals surface area contributed by atoms with Crippen LogP contribution in [0.15, 0.2) is 66.0 Å². The Bertz CT molecular complexity index is 1330. The maximum atomic E-state index is 12.6. The first-order chi connectivity index (χ1) is 17.6. The summed E-state index contributed by atoms with van der Waals surface area (Å²) in [6.07, 6.45) is 0. The SMILES string of the molecule is Cc1cc(-c2ccc(OCC(=O)NC(C)c3cccs3)c(CN3CCOCC3)c2)c2ccccc2n1. The molecule has 3 heterocycles. The second kappa shape index (κ2) is 11.2. The quantitative estimate of drug-likeness (QED) is 0.352. The standard InChI is InChI=1S/C29H31N3O3S/c1-20-16-25(24-6-3-4-7-26(24)30-20)22-9-10-27(23(17-22)18-32-11-13-34-14-12-32)35-19-29(33)31-21(2)28-8-5-15-36-28/h3-10,15-17,21H,11-14,18-19H2,1-2H3,(H,31,33). The van der Waals surface area contributed by atoms with Gasteiger partial charge in [-0.2, -0.15) is 0 Å². The fourth-order valence-electron chi connectivity index (χ4n) is 4.59. The van der Waals surface area contributed by atoms with Crippen LogP contribution in [0.1, 0.15) is 29.1 Å². The number of hydrogen-bond acceptors (Lipinski definition) is 6. The van der Waals surface area contributed by atoms with E-state index in [-0.39, 0.29) is 18.6 Å². The van der Waals surface area contributed by atoms with E-state index >= 15 is 0 Å². The molecule has 1 aliphatic heterocycles. The van der Waals surface area contributed by atoms with E-state index in [2.05, 4.69) is 34.5 Å². The van der Waals surface area contributed by atoms with E-state index in [1.807, 2.05) is 55.6 Å². The van der Waals surface area contributed by atoms with Crippen LogP contribution in [-0.2, 0) is 16.1 Å². The van der Waals surface area contributed by atoms with Crippen LogP contribution in [0.3, 0.4) is 0 Å². The van der Waals surface area contributed by atoms with Crippen LogP contribution in [0.25, 0.3) is 22.0 Å². The van der Waals surface area contributed by atoms with Gasteiger partial charge in [0, 0.05) is 41.2 Å². The zero-order chi connectivity index (χ0) is 24.9. The number of pyridine rings is 1. The largest absolute Gasteiger partial charge is 0.483 e. The Labute approximate surface area is 215 Å². The third-order valence-electron chi connectivity index (χ3n) is 6.42. The average molecular weight is 502 g/mol. The van der Waals surface area contributed by atoms with E-state index in [0.29, 0.717) is 0 Å². The van der Waals surface area contributed by atoms with Crippen LogP contribution in [-0.4, -0.2) is 48.7 Å². The molecule has 0 saturated carbocycles. The lowest BCUT2D eigenvalue weighted by molar-refractivity contribution is -0.123. The number of ether oxygens (including phenoxy) is 2. The number of thiophene rings is 1. The number of rotatable bonds is 8. The summed E-state index contributed by atoms with van der Waals surface area (Å²) in [6.45, 7) is 7.94. The van der Waals surface area contributed by atoms with Gasteiger partial charge in [-0.25, -0.2) is 0 Å². The summed E-state index contributed by atoms with van der Waals surface area (Å²) >= 11 is 1.63. The van der Waals surface area contributed by atoms with Crippen molar-refractivity contribution in [2.75, 3.05) is 32.9 Å². The lowest BCUT2D eigenvalue weighted by Gasteiger charge is -2.27. The maximum absolute atomic E-state index is 12.6. The van der Waals surface area contributed by atoms with Crippen LogP contribution < -0.4 is 10.1 Å². The fraction of sp³-hybridized carbons (Fsp3) is 0.310. The minimum absolute atomic E-state index is 0.0253. The first-order valence-electron chi connectivity index (χ1n) is 12.3. The normalized spacial score (nSPS) is 15.1. The summed E-state index contributed by atoms with van der Waals surface area (Å²) in [5.74, 6) is 0.604. The molecule has 1 unspecified atom stereocenters. The Hall–Kier alpha value is -3.26. The summed E-state index contributed by atoms with van der Waals surface area (Å²) < 4.78 is 11.6. The molecule has 0 radical (unpaired) electrons. The number of hydrogen-bond donors (Lipinski definition) is 1. The predicted octanol–water partition coefficient (Wildman–Crippen LogP) is 5.36. The molecular formula is C29H31N3O3S. The molecule has 0 spiro atoms. The molecule has 2 aromatic heterocycles. The van der Waals surface area contributed by atoms with Crippen molar-refractivity contribution in [3.05, 3.63) is 82.2 Å². The van der Waals surface area contributed by atoms with Gasteiger partial charge in [0.2, 0.25) is 0 Å². The van der Waals surface area contributed by atoms with Crippen molar-refractivity contribution < 1.29 is 14.3 Å². The molecule has 1 saturated heterocycles. The lowest BCUT2D eigenvalue weighted by atomic mass is 9.98. The topological polar surface area (TPSA) is 63.7 Å². The van der Waals surface area contributed by atoms with Crippen molar-refractivity contribution in [2.24, 2.45) is 0 Å². The summed E-state index contributed by atoms with van der Waals surface area (Å²) in [5, 5.41) is 6.17. The number of aromatic nitrogens is 1. The van der Waals surface area contributed by atoms with Crippen molar-refractivity contribution >= 4 is 28.1 Å². The third-order valence-corrected chi connectivity index (χ3v) is 7.47. The number of nitrogens with zero attached hydrogens (tertiary/aromatic N) is 2. The Morgan fingerprint density at radius 2 is 1.97 bits per heavy atom. The molecule has 5 rings (SSSR count). The van der Waals surface area contributed by atoms with Crippen LogP contribution in [0.2, 0.25) is 0 Å². The lowest BCUT2D eigenvalue weighted by Crippen LogP contribution is -2.36. The van der Waals surface area contributed by atoms with E-state index in [4.69, 9.17) is 14.5 Å². The van der Waals surface area contributed by atoms with Crippen LogP contribution in [0.5, 0.6) is 5.75 Å². The number of fused-ring (bicyclic) bond motifs is 1. The molecule has 186 valence electrons. The molecule has 1 aliphatic rings. The molecule has 2 aromatic carbocycles. The Morgan fingerprint density at radius 1 is 1.14 bits per heavy atom. The minimum Gasteiger partial charge on any atom is -0.483 e. The van der Waals surface area contributed by atoms with Gasteiger partial charge in [0.05, 0.1) is 24.8 Å². The van der Waals surface area contributed by atoms with Gasteiger partial charge in [-0.15, -0.1) is 11.3 Å². The van der Waals surface area contributed by atoms with Gasteiger partial charge in [-0.05, 0) is 60.7 Å². The van der Waals surface area contributed by atoms with E-state index in [1.54, 1.807) is 11.3 Å². The summed E-state index contributed by atoms with van der Waals surface area (Å²) in [5.41, 5.74) is 5.29. The summed E-state index contributed by atoms with van der Waals surface area (Å²) in [4.78, 5) is 20.8. The van der Waals surface area contributed by atoms with Gasteiger partial charge in [-0.1, -0.05) is 30.3 Å². The number of nitrogens with one attached hydrogen (secondary N) is 1. The molecule has 1 atom stereocenters. The van der Waals surface area contributed by atoms with Crippen molar-refractivity contribution in [3.8, 4) is 16.9 Å². The van der Waals surface area contributed by atoms with Crippen molar-refractivity contribution in [1.82, 2.24) is 15.2 Å². The van der Waals surface area contributed by atoms with Gasteiger partial charge in [0.15, 0.2) is 6.61 Å². The third kappa shape index (κ3) is 5.75. The zero-order valence-electron chi connectivity index (χ0n) is 20.7. The molecular weight excluding hydrogens is 470 g/mol. The number of benzene rings is 2. The van der Waals surface area contributed by atoms with Gasteiger partial charge in [-0.3, -0.25) is 14.7 Å². The van der Waals surface area contributed by atoms with Crippen molar-refractivity contribution in [1.29, 1.82) is 0 Å². The number of morpholine rings is 1. The molecule has 0 aliphatic carbocycles. The van der Waals surface area contributed by atoms with E-state index in [1.165, 1.54) is 0 Å². The first-order valence-corrected chi connectivity index (χ1v) is 13.2. The predicted molar refractivity (Wildman–Crippen MR) is 144 cm³/mol. The van der Waals surface area contributed by atoms with Crippen molar-refractivity contribution in [3.63, 3.8) is 0 Å². The number of carbonyl (C=O) groups is 1. The molecule has 0 bridgehead atoms. The second-order valence-corrected chi connectivity index (χ2v) is 10.1. The number of aryl methyl sites for hydroxylation is 1. The molecule has 7 heteroatoms. The first kappa shape index (κ1) is 24.4. The van der Waals surface area contributed by atoms with Crippen LogP contribution in [0, 0.1) is 6.92 Å². The van der Waals surface area contributed by atoms with Gasteiger partial charge >= 0.3 is 0 Å². The average Bonchev–Trinajstić information content (AvgIpc) is 3.43. The Balaban J connectivity index is 1.40. The number of para-hydroxylation sites is 1. The number of carbonyl (C=O) groups excluding carboxylic acids is 1. The molecule has 4 aromatic rings. The second-order valence-electron chi connectivity index (χ2n) is 9.13. The smallest absolute Gasteiger partial charge is 0.258 e. The van der Waals surface area contributed by atoms with Crippen LogP contribution >= 0.6 is 11.3 Å². The van der Waals surface area contributed by atoms with E-state index in [9.17, 15) is 4.79 Å². The Morgan fingerprint density at radius 3 is 2.78 bits per heavy atom. The fourth-order valence-corrected chi connectivity index (χ4v) is 5.33. The maximum Gasteiger partial charge on any atom is 0.258 e. The highest BCUT2D eigenvalue weighted by Crippen LogP contribution is 2.33. The Kier molecular flexibility index (Phi) is 7.60. The van der Waals surface area contributed by atoms with Crippen LogP contribution in [0.4, 0.5) is 0 Å².